The number of furan rings is 1. The SMILES string of the molecule is CN(CCOc1ccc(Br)cc1)C(=O)c1occc1CS(=O)(=O)c1ccccc1. The lowest BCUT2D eigenvalue weighted by atomic mass is 10.2. The zero-order valence-corrected chi connectivity index (χ0v) is 18.1. The Bertz CT molecular complexity index is 1060. The Morgan fingerprint density at radius 1 is 1.07 bits per heavy atom. The van der Waals surface area contributed by atoms with Crippen LogP contribution in [0, 0.1) is 0 Å². The predicted octanol–water partition coefficient (Wildman–Crippen LogP) is 4.17. The molecular weight excluding hydrogens is 458 g/mol. The number of benzene rings is 2. The molecule has 0 bridgehead atoms. The number of carbonyl (C=O) groups excluding carboxylic acids is 1. The molecule has 1 heterocycles. The van der Waals surface area contributed by atoms with Crippen LogP contribution >= 0.6 is 15.9 Å². The van der Waals surface area contributed by atoms with Crippen molar-refractivity contribution in [1.29, 1.82) is 0 Å². The molecule has 3 aromatic rings. The van der Waals surface area contributed by atoms with E-state index in [2.05, 4.69) is 15.9 Å². The quantitative estimate of drug-likeness (QED) is 0.486. The number of amides is 1. The summed E-state index contributed by atoms with van der Waals surface area (Å²) in [5.74, 6) is 0.0164. The van der Waals surface area contributed by atoms with Crippen LogP contribution in [0.2, 0.25) is 0 Å². The number of sulfone groups is 1. The van der Waals surface area contributed by atoms with Gasteiger partial charge in [-0.05, 0) is 42.5 Å². The molecule has 0 unspecified atom stereocenters. The van der Waals surface area contributed by atoms with Crippen molar-refractivity contribution in [1.82, 2.24) is 4.90 Å². The highest BCUT2D eigenvalue weighted by atomic mass is 79.9. The minimum absolute atomic E-state index is 0.0237. The molecule has 0 N–H and O–H groups in total. The van der Waals surface area contributed by atoms with E-state index in [1.54, 1.807) is 25.2 Å². The molecule has 29 heavy (non-hydrogen) atoms. The molecule has 0 aliphatic heterocycles. The van der Waals surface area contributed by atoms with Gasteiger partial charge in [-0.15, -0.1) is 0 Å². The van der Waals surface area contributed by atoms with Crippen molar-refractivity contribution in [3.8, 4) is 5.75 Å². The number of nitrogens with zero attached hydrogens (tertiary/aromatic N) is 1. The first-order chi connectivity index (χ1) is 13.9. The van der Waals surface area contributed by atoms with Gasteiger partial charge in [-0.3, -0.25) is 4.79 Å². The first kappa shape index (κ1) is 21.1. The van der Waals surface area contributed by atoms with Crippen LogP contribution in [0.25, 0.3) is 0 Å². The number of likely N-dealkylation sites (N-methyl/N-ethyl adjacent to an activating group) is 1. The highest BCUT2D eigenvalue weighted by Crippen LogP contribution is 2.21. The van der Waals surface area contributed by atoms with Gasteiger partial charge in [0, 0.05) is 17.1 Å². The highest BCUT2D eigenvalue weighted by Gasteiger charge is 2.24. The van der Waals surface area contributed by atoms with Crippen molar-refractivity contribution in [3.63, 3.8) is 0 Å². The Balaban J connectivity index is 1.63. The van der Waals surface area contributed by atoms with Gasteiger partial charge in [-0.25, -0.2) is 8.42 Å². The molecule has 0 atom stereocenters. The van der Waals surface area contributed by atoms with Crippen molar-refractivity contribution in [2.75, 3.05) is 20.2 Å². The van der Waals surface area contributed by atoms with Gasteiger partial charge < -0.3 is 14.1 Å². The molecule has 0 spiro atoms. The predicted molar refractivity (Wildman–Crippen MR) is 113 cm³/mol. The van der Waals surface area contributed by atoms with Gasteiger partial charge in [0.1, 0.15) is 12.4 Å². The van der Waals surface area contributed by atoms with Crippen LogP contribution in [0.5, 0.6) is 5.75 Å². The summed E-state index contributed by atoms with van der Waals surface area (Å²) in [7, 11) is -1.96. The van der Waals surface area contributed by atoms with Crippen LogP contribution in [-0.4, -0.2) is 39.4 Å². The maximum atomic E-state index is 12.7. The lowest BCUT2D eigenvalue weighted by molar-refractivity contribution is 0.0741. The van der Waals surface area contributed by atoms with E-state index in [1.807, 2.05) is 24.3 Å². The molecule has 3 rings (SSSR count). The Morgan fingerprint density at radius 2 is 1.76 bits per heavy atom. The van der Waals surface area contributed by atoms with E-state index in [9.17, 15) is 13.2 Å². The minimum atomic E-state index is -3.58. The van der Waals surface area contributed by atoms with Crippen molar-refractivity contribution in [2.45, 2.75) is 10.6 Å². The molecule has 2 aromatic carbocycles. The molecule has 1 aromatic heterocycles. The molecule has 1 amide bonds. The van der Waals surface area contributed by atoms with Crippen molar-refractivity contribution in [3.05, 3.63) is 82.7 Å². The van der Waals surface area contributed by atoms with Gasteiger partial charge in [-0.1, -0.05) is 34.1 Å². The summed E-state index contributed by atoms with van der Waals surface area (Å²) >= 11 is 3.36. The molecule has 0 aliphatic carbocycles. The topological polar surface area (TPSA) is 76.8 Å². The van der Waals surface area contributed by atoms with Gasteiger partial charge in [-0.2, -0.15) is 0 Å². The normalized spacial score (nSPS) is 11.2. The summed E-state index contributed by atoms with van der Waals surface area (Å²) in [5.41, 5.74) is 0.333. The van der Waals surface area contributed by atoms with Crippen LogP contribution in [0.4, 0.5) is 0 Å². The smallest absolute Gasteiger partial charge is 0.289 e. The second-order valence-corrected chi connectivity index (χ2v) is 9.28. The largest absolute Gasteiger partial charge is 0.492 e. The molecule has 0 saturated heterocycles. The Labute approximate surface area is 178 Å². The standard InChI is InChI=1S/C21H20BrNO5S/c1-23(12-14-27-18-9-7-17(22)8-10-18)21(24)20-16(11-13-28-20)15-29(25,26)19-5-3-2-4-6-19/h2-11,13H,12,14-15H2,1H3. The first-order valence-electron chi connectivity index (χ1n) is 8.85. The molecule has 0 aliphatic rings. The molecule has 152 valence electrons. The second kappa shape index (κ2) is 9.28. The summed E-state index contributed by atoms with van der Waals surface area (Å²) < 4.78 is 37.1. The average Bonchev–Trinajstić information content (AvgIpc) is 3.16. The maximum absolute atomic E-state index is 12.7. The lowest BCUT2D eigenvalue weighted by Gasteiger charge is -2.17. The number of hydrogen-bond donors (Lipinski definition) is 0. The number of halogens is 1. The molecular formula is C21H20BrNO5S. The minimum Gasteiger partial charge on any atom is -0.492 e. The first-order valence-corrected chi connectivity index (χ1v) is 11.3. The fourth-order valence-corrected chi connectivity index (χ4v) is 4.30. The van der Waals surface area contributed by atoms with Gasteiger partial charge in [0.25, 0.3) is 5.91 Å². The summed E-state index contributed by atoms with van der Waals surface area (Å²) in [5, 5.41) is 0. The van der Waals surface area contributed by atoms with Crippen molar-refractivity contribution in [2.24, 2.45) is 0 Å². The van der Waals surface area contributed by atoms with Crippen LogP contribution in [0.1, 0.15) is 16.1 Å². The fourth-order valence-electron chi connectivity index (χ4n) is 2.66. The highest BCUT2D eigenvalue weighted by molar-refractivity contribution is 9.10. The van der Waals surface area contributed by atoms with Crippen LogP contribution in [0.15, 0.2) is 80.7 Å². The van der Waals surface area contributed by atoms with E-state index in [0.29, 0.717) is 24.5 Å². The summed E-state index contributed by atoms with van der Waals surface area (Å²) in [6, 6.07) is 17.0. The van der Waals surface area contributed by atoms with Gasteiger partial charge in [0.05, 0.1) is 23.5 Å². The van der Waals surface area contributed by atoms with E-state index >= 15 is 0 Å². The average molecular weight is 478 g/mol. The number of ether oxygens (including phenoxy) is 1. The third kappa shape index (κ3) is 5.48. The number of carbonyl (C=O) groups is 1. The molecule has 0 fully saturated rings. The van der Waals surface area contributed by atoms with E-state index in [-0.39, 0.29) is 16.4 Å². The summed E-state index contributed by atoms with van der Waals surface area (Å²) in [6.45, 7) is 0.614. The summed E-state index contributed by atoms with van der Waals surface area (Å²) in [6.07, 6.45) is 1.33. The van der Waals surface area contributed by atoms with Gasteiger partial charge >= 0.3 is 0 Å². The lowest BCUT2D eigenvalue weighted by Crippen LogP contribution is -2.31. The van der Waals surface area contributed by atoms with E-state index in [1.165, 1.54) is 29.4 Å². The zero-order chi connectivity index (χ0) is 20.9. The van der Waals surface area contributed by atoms with E-state index in [4.69, 9.17) is 9.15 Å². The Kier molecular flexibility index (Phi) is 6.76. The Morgan fingerprint density at radius 3 is 2.45 bits per heavy atom. The monoisotopic (exact) mass is 477 g/mol. The molecule has 0 saturated carbocycles. The van der Waals surface area contributed by atoms with Crippen LogP contribution < -0.4 is 4.74 Å². The molecule has 6 nitrogen and oxygen atoms in total. The van der Waals surface area contributed by atoms with Gasteiger partial charge in [0.15, 0.2) is 15.6 Å². The molecule has 8 heteroatoms. The van der Waals surface area contributed by atoms with E-state index < -0.39 is 15.7 Å². The fraction of sp³-hybridized carbons (Fsp3) is 0.190. The number of rotatable bonds is 8. The summed E-state index contributed by atoms with van der Waals surface area (Å²) in [4.78, 5) is 14.4. The van der Waals surface area contributed by atoms with Crippen LogP contribution in [0.3, 0.4) is 0 Å². The zero-order valence-electron chi connectivity index (χ0n) is 15.7. The molecule has 0 radical (unpaired) electrons. The third-order valence-corrected chi connectivity index (χ3v) is 6.45. The Hall–Kier alpha value is -2.58. The van der Waals surface area contributed by atoms with Crippen molar-refractivity contribution < 1.29 is 22.4 Å². The third-order valence-electron chi connectivity index (χ3n) is 4.24. The number of hydrogen-bond acceptors (Lipinski definition) is 5. The van der Waals surface area contributed by atoms with Crippen molar-refractivity contribution >= 4 is 31.7 Å². The second-order valence-electron chi connectivity index (χ2n) is 6.38. The van der Waals surface area contributed by atoms with Gasteiger partial charge in [0.2, 0.25) is 0 Å². The van der Waals surface area contributed by atoms with E-state index in [0.717, 1.165) is 4.47 Å². The van der Waals surface area contributed by atoms with Crippen LogP contribution in [-0.2, 0) is 15.6 Å². The maximum Gasteiger partial charge on any atom is 0.289 e.